The predicted molar refractivity (Wildman–Crippen MR) is 57.5 cm³/mol. The minimum atomic E-state index is -2.11. The summed E-state index contributed by atoms with van der Waals surface area (Å²) < 4.78 is 21.4. The van der Waals surface area contributed by atoms with Crippen LogP contribution in [0.3, 0.4) is 0 Å². The molecule has 3 nitrogen and oxygen atoms in total. The van der Waals surface area contributed by atoms with Gasteiger partial charge in [0.1, 0.15) is 0 Å². The Balaban J connectivity index is 1.91. The van der Waals surface area contributed by atoms with E-state index in [9.17, 15) is 4.57 Å². The molecule has 6 heteroatoms. The van der Waals surface area contributed by atoms with Gasteiger partial charge in [-0.05, 0) is 35.0 Å². The second-order valence-corrected chi connectivity index (χ2v) is 4.90. The van der Waals surface area contributed by atoms with E-state index < -0.39 is 8.25 Å². The Bertz CT molecular complexity index is 358. The largest absolute Gasteiger partial charge is 0.807 e. The van der Waals surface area contributed by atoms with Crippen molar-refractivity contribution in [2.75, 3.05) is 0 Å². The van der Waals surface area contributed by atoms with Crippen LogP contribution in [0.5, 0.6) is 10.1 Å². The van der Waals surface area contributed by atoms with Crippen molar-refractivity contribution in [1.29, 1.82) is 0 Å². The summed E-state index contributed by atoms with van der Waals surface area (Å²) in [7, 11) is -2.11. The van der Waals surface area contributed by atoms with Crippen LogP contribution >= 0.6 is 30.9 Å². The normalized spacial score (nSPS) is 9.71. The number of thiophene rings is 2. The maximum Gasteiger partial charge on any atom is 0.807 e. The Morgan fingerprint density at radius 1 is 1.00 bits per heavy atom. The van der Waals surface area contributed by atoms with Crippen LogP contribution in [0.15, 0.2) is 35.0 Å². The molecule has 0 radical (unpaired) electrons. The molecule has 2 aromatic rings. The molecule has 0 saturated heterocycles. The van der Waals surface area contributed by atoms with Gasteiger partial charge in [-0.3, -0.25) is 0 Å². The predicted octanol–water partition coefficient (Wildman–Crippen LogP) is 3.92. The molecular formula is C8H6O3PS2+. The van der Waals surface area contributed by atoms with Crippen LogP contribution in [-0.2, 0) is 4.57 Å². The summed E-state index contributed by atoms with van der Waals surface area (Å²) in [4.78, 5) is 0. The van der Waals surface area contributed by atoms with Gasteiger partial charge in [0.15, 0.2) is 0 Å². The summed E-state index contributed by atoms with van der Waals surface area (Å²) in [6.07, 6.45) is 0. The molecule has 0 fully saturated rings. The van der Waals surface area contributed by atoms with Crippen molar-refractivity contribution in [2.24, 2.45) is 0 Å². The Kier molecular flexibility index (Phi) is 3.14. The van der Waals surface area contributed by atoms with E-state index in [1.165, 1.54) is 22.7 Å². The van der Waals surface area contributed by atoms with Crippen LogP contribution < -0.4 is 9.05 Å². The van der Waals surface area contributed by atoms with E-state index in [-0.39, 0.29) is 0 Å². The first-order valence-corrected chi connectivity index (χ1v) is 6.60. The van der Waals surface area contributed by atoms with Gasteiger partial charge >= 0.3 is 8.25 Å². The monoisotopic (exact) mass is 245 g/mol. The van der Waals surface area contributed by atoms with E-state index in [1.807, 2.05) is 22.9 Å². The number of hydrogen-bond donors (Lipinski definition) is 0. The lowest BCUT2D eigenvalue weighted by Crippen LogP contribution is -1.84. The van der Waals surface area contributed by atoms with Gasteiger partial charge in [0.25, 0.3) is 0 Å². The van der Waals surface area contributed by atoms with Crippen molar-refractivity contribution >= 4 is 30.9 Å². The molecule has 2 rings (SSSR count). The van der Waals surface area contributed by atoms with E-state index in [0.717, 1.165) is 0 Å². The second kappa shape index (κ2) is 4.55. The Labute approximate surface area is 89.9 Å². The molecule has 0 aromatic carbocycles. The van der Waals surface area contributed by atoms with Crippen molar-refractivity contribution in [3.8, 4) is 10.1 Å². The third-order valence-electron chi connectivity index (χ3n) is 1.32. The molecule has 0 aliphatic heterocycles. The van der Waals surface area contributed by atoms with Crippen molar-refractivity contribution in [3.05, 3.63) is 35.0 Å². The molecule has 0 aliphatic rings. The average molecular weight is 245 g/mol. The molecule has 2 heterocycles. The summed E-state index contributed by atoms with van der Waals surface area (Å²) in [5, 5.41) is 4.90. The molecule has 0 bridgehead atoms. The second-order valence-electron chi connectivity index (χ2n) is 2.27. The topological polar surface area (TPSA) is 35.5 Å². The standard InChI is InChI=1S/C8H6O3PS2/c9-12(10-7-3-1-5-13-7)11-8-4-2-6-14-8/h1-6H/q+1. The Hall–Kier alpha value is -0.900. The summed E-state index contributed by atoms with van der Waals surface area (Å²) in [5.41, 5.74) is 0. The molecule has 0 atom stereocenters. The number of hydrogen-bond acceptors (Lipinski definition) is 5. The van der Waals surface area contributed by atoms with Crippen LogP contribution in [0.2, 0.25) is 0 Å². The van der Waals surface area contributed by atoms with Crippen molar-refractivity contribution < 1.29 is 13.6 Å². The third kappa shape index (κ3) is 2.54. The molecule has 2 aromatic heterocycles. The van der Waals surface area contributed by atoms with Gasteiger partial charge in [0.2, 0.25) is 10.1 Å². The minimum absolute atomic E-state index is 0.600. The van der Waals surface area contributed by atoms with Gasteiger partial charge in [-0.2, -0.15) is 0 Å². The Morgan fingerprint density at radius 3 is 1.86 bits per heavy atom. The highest BCUT2D eigenvalue weighted by molar-refractivity contribution is 7.35. The van der Waals surface area contributed by atoms with Gasteiger partial charge in [0.05, 0.1) is 0 Å². The van der Waals surface area contributed by atoms with Gasteiger partial charge in [0, 0.05) is 4.57 Å². The molecule has 0 N–H and O–H groups in total. The summed E-state index contributed by atoms with van der Waals surface area (Å²) in [6, 6.07) is 7.15. The van der Waals surface area contributed by atoms with Crippen LogP contribution in [0, 0.1) is 0 Å². The third-order valence-corrected chi connectivity index (χ3v) is 3.75. The maximum absolute atomic E-state index is 11.3. The van der Waals surface area contributed by atoms with Crippen molar-refractivity contribution in [3.63, 3.8) is 0 Å². The zero-order chi connectivity index (χ0) is 9.80. The average Bonchev–Trinajstić information content (AvgIpc) is 2.76. The van der Waals surface area contributed by atoms with E-state index in [4.69, 9.17) is 9.05 Å². The highest BCUT2D eigenvalue weighted by Crippen LogP contribution is 2.34. The van der Waals surface area contributed by atoms with Gasteiger partial charge in [-0.15, -0.1) is 22.7 Å². The molecule has 0 aliphatic carbocycles. The van der Waals surface area contributed by atoms with E-state index in [1.54, 1.807) is 12.1 Å². The number of rotatable bonds is 4. The molecule has 0 unspecified atom stereocenters. The summed E-state index contributed by atoms with van der Waals surface area (Å²) in [6.45, 7) is 0. The van der Waals surface area contributed by atoms with Crippen LogP contribution in [-0.4, -0.2) is 0 Å². The van der Waals surface area contributed by atoms with Crippen molar-refractivity contribution in [2.45, 2.75) is 0 Å². The van der Waals surface area contributed by atoms with Crippen LogP contribution in [0.1, 0.15) is 0 Å². The first-order chi connectivity index (χ1) is 6.84. The van der Waals surface area contributed by atoms with Crippen LogP contribution in [0.4, 0.5) is 0 Å². The lowest BCUT2D eigenvalue weighted by atomic mass is 10.7. The highest BCUT2D eigenvalue weighted by Gasteiger charge is 2.24. The fourth-order valence-electron chi connectivity index (χ4n) is 0.796. The van der Waals surface area contributed by atoms with E-state index in [0.29, 0.717) is 10.1 Å². The highest BCUT2D eigenvalue weighted by atomic mass is 32.1. The smallest absolute Gasteiger partial charge is 0.211 e. The van der Waals surface area contributed by atoms with E-state index >= 15 is 0 Å². The summed E-state index contributed by atoms with van der Waals surface area (Å²) >= 11 is 2.76. The zero-order valence-electron chi connectivity index (χ0n) is 6.95. The quantitative estimate of drug-likeness (QED) is 0.766. The molecular weight excluding hydrogens is 239 g/mol. The first kappa shape index (κ1) is 9.65. The first-order valence-electron chi connectivity index (χ1n) is 3.75. The van der Waals surface area contributed by atoms with Crippen molar-refractivity contribution in [1.82, 2.24) is 0 Å². The van der Waals surface area contributed by atoms with Crippen LogP contribution in [0.25, 0.3) is 0 Å². The lowest BCUT2D eigenvalue weighted by Gasteiger charge is -1.85. The van der Waals surface area contributed by atoms with Gasteiger partial charge in [-0.25, -0.2) is 9.05 Å². The molecule has 0 spiro atoms. The fourth-order valence-corrected chi connectivity index (χ4v) is 2.86. The van der Waals surface area contributed by atoms with Gasteiger partial charge < -0.3 is 0 Å². The fraction of sp³-hybridized carbons (Fsp3) is 0. The molecule has 14 heavy (non-hydrogen) atoms. The maximum atomic E-state index is 11.3. The van der Waals surface area contributed by atoms with Gasteiger partial charge in [-0.1, -0.05) is 0 Å². The molecule has 72 valence electrons. The summed E-state index contributed by atoms with van der Waals surface area (Å²) in [5.74, 6) is 0. The molecule has 0 amide bonds. The Morgan fingerprint density at radius 2 is 1.50 bits per heavy atom. The SMILES string of the molecule is O=[P+](Oc1cccs1)Oc1cccs1. The lowest BCUT2D eigenvalue weighted by molar-refractivity contribution is 0.424. The minimum Gasteiger partial charge on any atom is -0.211 e. The molecule has 0 saturated carbocycles. The zero-order valence-corrected chi connectivity index (χ0v) is 9.48. The van der Waals surface area contributed by atoms with E-state index in [2.05, 4.69) is 0 Å².